The van der Waals surface area contributed by atoms with Crippen molar-refractivity contribution in [3.05, 3.63) is 54.1 Å². The zero-order valence-corrected chi connectivity index (χ0v) is 12.3. The Balaban J connectivity index is 2.22. The molecule has 0 aliphatic rings. The molecular weight excluding hydrogens is 274 g/mol. The van der Waals surface area contributed by atoms with E-state index in [0.717, 1.165) is 38.4 Å². The molecule has 2 heterocycles. The van der Waals surface area contributed by atoms with Gasteiger partial charge in [-0.15, -0.1) is 0 Å². The van der Waals surface area contributed by atoms with Gasteiger partial charge in [0.1, 0.15) is 11.1 Å². The summed E-state index contributed by atoms with van der Waals surface area (Å²) in [5.74, 6) is 0. The molecule has 0 radical (unpaired) electrons. The van der Waals surface area contributed by atoms with Crippen LogP contribution in [0.3, 0.4) is 0 Å². The third kappa shape index (κ3) is 1.29. The molecule has 0 saturated heterocycles. The Labute approximate surface area is 126 Å². The predicted octanol–water partition coefficient (Wildman–Crippen LogP) is 5.50. The van der Waals surface area contributed by atoms with Crippen molar-refractivity contribution in [2.24, 2.45) is 0 Å². The summed E-state index contributed by atoms with van der Waals surface area (Å²) in [6.45, 7) is 4.16. The molecule has 22 heavy (non-hydrogen) atoms. The summed E-state index contributed by atoms with van der Waals surface area (Å²) in [4.78, 5) is 4.49. The second kappa shape index (κ2) is 3.89. The Morgan fingerprint density at radius 3 is 2.55 bits per heavy atom. The molecule has 0 aliphatic carbocycles. The van der Waals surface area contributed by atoms with E-state index in [0.29, 0.717) is 0 Å². The molecule has 0 atom stereocenters. The second-order valence-electron chi connectivity index (χ2n) is 5.81. The van der Waals surface area contributed by atoms with Crippen molar-refractivity contribution in [2.45, 2.75) is 13.8 Å². The fraction of sp³-hybridized carbons (Fsp3) is 0.105. The average Bonchev–Trinajstić information content (AvgIpc) is 3.13. The molecular formula is C19H13NO2. The van der Waals surface area contributed by atoms with Gasteiger partial charge in [-0.2, -0.15) is 0 Å². The van der Waals surface area contributed by atoms with Gasteiger partial charge in [0.05, 0.1) is 11.6 Å². The van der Waals surface area contributed by atoms with Crippen LogP contribution >= 0.6 is 0 Å². The molecule has 0 saturated carbocycles. The van der Waals surface area contributed by atoms with E-state index >= 15 is 0 Å². The first kappa shape index (κ1) is 11.8. The number of benzene rings is 3. The quantitative estimate of drug-likeness (QED) is 0.353. The number of aryl methyl sites for hydroxylation is 2. The highest BCUT2D eigenvalue weighted by Gasteiger charge is 2.18. The molecule has 3 heteroatoms. The maximum absolute atomic E-state index is 5.83. The van der Waals surface area contributed by atoms with Crippen molar-refractivity contribution in [2.75, 3.05) is 0 Å². The normalized spacial score (nSPS) is 12.1. The number of rotatable bonds is 0. The monoisotopic (exact) mass is 287 g/mol. The number of aromatic nitrogens is 1. The topological polar surface area (TPSA) is 39.2 Å². The van der Waals surface area contributed by atoms with Gasteiger partial charge in [-0.05, 0) is 41.8 Å². The lowest BCUT2D eigenvalue weighted by Gasteiger charge is -2.07. The van der Waals surface area contributed by atoms with Crippen LogP contribution in [0, 0.1) is 13.8 Å². The lowest BCUT2D eigenvalue weighted by molar-refractivity contribution is 0.603. The number of hydrogen-bond acceptors (Lipinski definition) is 3. The van der Waals surface area contributed by atoms with E-state index in [1.165, 1.54) is 22.7 Å². The molecule has 0 aliphatic heterocycles. The van der Waals surface area contributed by atoms with Crippen LogP contribution in [0.1, 0.15) is 11.1 Å². The van der Waals surface area contributed by atoms with Gasteiger partial charge in [0, 0.05) is 10.8 Å². The van der Waals surface area contributed by atoms with Crippen molar-refractivity contribution in [1.29, 1.82) is 0 Å². The summed E-state index contributed by atoms with van der Waals surface area (Å²) >= 11 is 0. The summed E-state index contributed by atoms with van der Waals surface area (Å²) < 4.78 is 11.5. The van der Waals surface area contributed by atoms with E-state index in [2.05, 4.69) is 42.2 Å². The summed E-state index contributed by atoms with van der Waals surface area (Å²) in [5.41, 5.74) is 4.92. The van der Waals surface area contributed by atoms with E-state index in [-0.39, 0.29) is 0 Å². The van der Waals surface area contributed by atoms with Crippen LogP contribution in [-0.2, 0) is 0 Å². The van der Waals surface area contributed by atoms with Crippen LogP contribution in [0.25, 0.3) is 43.6 Å². The van der Waals surface area contributed by atoms with E-state index < -0.39 is 0 Å². The van der Waals surface area contributed by atoms with E-state index in [4.69, 9.17) is 8.83 Å². The number of nitrogens with zero attached hydrogens (tertiary/aromatic N) is 1. The molecule has 5 rings (SSSR count). The molecule has 0 unspecified atom stereocenters. The van der Waals surface area contributed by atoms with Crippen LogP contribution in [0.2, 0.25) is 0 Å². The maximum Gasteiger partial charge on any atom is 0.182 e. The fourth-order valence-electron chi connectivity index (χ4n) is 3.49. The molecule has 0 amide bonds. The Hall–Kier alpha value is -2.81. The Morgan fingerprint density at radius 2 is 1.64 bits per heavy atom. The molecule has 0 N–H and O–H groups in total. The van der Waals surface area contributed by atoms with Gasteiger partial charge in [0.2, 0.25) is 0 Å². The largest absolute Gasteiger partial charge is 0.463 e. The van der Waals surface area contributed by atoms with Crippen LogP contribution in [0.4, 0.5) is 0 Å². The predicted molar refractivity (Wildman–Crippen MR) is 88.3 cm³/mol. The van der Waals surface area contributed by atoms with Crippen molar-refractivity contribution in [3.63, 3.8) is 0 Å². The maximum atomic E-state index is 5.83. The van der Waals surface area contributed by atoms with E-state index in [1.807, 2.05) is 6.92 Å². The smallest absolute Gasteiger partial charge is 0.182 e. The first-order valence-corrected chi connectivity index (χ1v) is 7.30. The van der Waals surface area contributed by atoms with Crippen molar-refractivity contribution < 1.29 is 8.83 Å². The molecule has 0 fully saturated rings. The van der Waals surface area contributed by atoms with Crippen LogP contribution in [-0.4, -0.2) is 4.98 Å². The Morgan fingerprint density at radius 1 is 0.773 bits per heavy atom. The van der Waals surface area contributed by atoms with Gasteiger partial charge in [-0.25, -0.2) is 4.98 Å². The summed E-state index contributed by atoms with van der Waals surface area (Å²) in [5, 5.41) is 5.63. The zero-order valence-electron chi connectivity index (χ0n) is 12.3. The van der Waals surface area contributed by atoms with Crippen molar-refractivity contribution >= 4 is 43.6 Å². The fourth-order valence-corrected chi connectivity index (χ4v) is 3.49. The van der Waals surface area contributed by atoms with Gasteiger partial charge in [0.15, 0.2) is 12.0 Å². The van der Waals surface area contributed by atoms with E-state index in [9.17, 15) is 0 Å². The lowest BCUT2D eigenvalue weighted by Crippen LogP contribution is -1.84. The summed E-state index contributed by atoms with van der Waals surface area (Å²) in [7, 11) is 0. The third-order valence-corrected chi connectivity index (χ3v) is 4.53. The van der Waals surface area contributed by atoms with Gasteiger partial charge in [-0.1, -0.05) is 24.3 Å². The highest BCUT2D eigenvalue weighted by atomic mass is 16.3. The standard InChI is InChI=1S/C19H13NO2/c1-10-4-3-5-13-12(10)6-7-14-16(13)17-19(22-9-20-17)15-11(2)8-21-18(14)15/h3-9H,1-2H3. The Kier molecular flexibility index (Phi) is 2.09. The first-order chi connectivity index (χ1) is 10.8. The summed E-state index contributed by atoms with van der Waals surface area (Å²) in [6, 6.07) is 10.6. The SMILES string of the molecule is Cc1cccc2c1ccc1c3occ(C)c3c3ocnc3c21. The van der Waals surface area contributed by atoms with Crippen LogP contribution < -0.4 is 0 Å². The minimum absolute atomic E-state index is 0.808. The Bertz CT molecular complexity index is 1190. The van der Waals surface area contributed by atoms with Crippen molar-refractivity contribution in [3.8, 4) is 0 Å². The molecule has 2 aromatic heterocycles. The minimum Gasteiger partial charge on any atom is -0.463 e. The molecule has 3 aromatic carbocycles. The molecule has 0 bridgehead atoms. The van der Waals surface area contributed by atoms with Crippen LogP contribution in [0.5, 0.6) is 0 Å². The zero-order chi connectivity index (χ0) is 14.8. The van der Waals surface area contributed by atoms with Gasteiger partial charge < -0.3 is 8.83 Å². The highest BCUT2D eigenvalue weighted by molar-refractivity contribution is 6.28. The molecule has 3 nitrogen and oxygen atoms in total. The van der Waals surface area contributed by atoms with Crippen molar-refractivity contribution in [1.82, 2.24) is 4.98 Å². The molecule has 106 valence electrons. The lowest BCUT2D eigenvalue weighted by atomic mass is 9.96. The highest BCUT2D eigenvalue weighted by Crippen LogP contribution is 2.40. The number of hydrogen-bond donors (Lipinski definition) is 0. The van der Waals surface area contributed by atoms with Gasteiger partial charge in [0.25, 0.3) is 0 Å². The number of fused-ring (bicyclic) bond motifs is 8. The average molecular weight is 287 g/mol. The second-order valence-corrected chi connectivity index (χ2v) is 5.81. The first-order valence-electron chi connectivity index (χ1n) is 7.30. The van der Waals surface area contributed by atoms with Crippen LogP contribution in [0.15, 0.2) is 51.8 Å². The molecule has 5 aromatic rings. The summed E-state index contributed by atoms with van der Waals surface area (Å²) in [6.07, 6.45) is 3.30. The van der Waals surface area contributed by atoms with Gasteiger partial charge in [-0.3, -0.25) is 0 Å². The minimum atomic E-state index is 0.808. The number of oxazole rings is 1. The van der Waals surface area contributed by atoms with E-state index in [1.54, 1.807) is 6.26 Å². The molecule has 0 spiro atoms. The number of furan rings is 1. The third-order valence-electron chi connectivity index (χ3n) is 4.53. The van der Waals surface area contributed by atoms with Gasteiger partial charge >= 0.3 is 0 Å².